The Morgan fingerprint density at radius 1 is 1.37 bits per heavy atom. The first-order valence-corrected chi connectivity index (χ1v) is 6.19. The van der Waals surface area contributed by atoms with Crippen LogP contribution in [0, 0.1) is 5.92 Å². The molecule has 0 bridgehead atoms. The topological polar surface area (TPSA) is 66.8 Å². The fourth-order valence-electron chi connectivity index (χ4n) is 2.29. The second-order valence-corrected chi connectivity index (χ2v) is 4.76. The molecule has 0 aliphatic carbocycles. The number of amides is 1. The van der Waals surface area contributed by atoms with Crippen molar-refractivity contribution in [3.05, 3.63) is 35.4 Å². The smallest absolute Gasteiger partial charge is 0.303 e. The van der Waals surface area contributed by atoms with Crippen LogP contribution in [-0.4, -0.2) is 42.1 Å². The zero-order chi connectivity index (χ0) is 13.8. The molecule has 0 spiro atoms. The number of carbonyl (C=O) groups excluding carboxylic acids is 1. The fourth-order valence-corrected chi connectivity index (χ4v) is 2.29. The molecule has 5 heteroatoms. The average molecular weight is 263 g/mol. The van der Waals surface area contributed by atoms with Crippen LogP contribution in [-0.2, 0) is 16.1 Å². The summed E-state index contributed by atoms with van der Waals surface area (Å²) in [5.74, 6) is -0.776. The van der Waals surface area contributed by atoms with Gasteiger partial charge in [-0.1, -0.05) is 18.2 Å². The Morgan fingerprint density at radius 3 is 2.68 bits per heavy atom. The second kappa shape index (κ2) is 5.84. The molecule has 2 rings (SSSR count). The summed E-state index contributed by atoms with van der Waals surface area (Å²) < 4.78 is 5.08. The Bertz CT molecular complexity index is 480. The summed E-state index contributed by atoms with van der Waals surface area (Å²) in [6, 6.07) is 7.34. The van der Waals surface area contributed by atoms with Gasteiger partial charge in [0.1, 0.15) is 0 Å². The van der Waals surface area contributed by atoms with E-state index in [0.29, 0.717) is 25.3 Å². The van der Waals surface area contributed by atoms with Crippen LogP contribution in [0.1, 0.15) is 22.3 Å². The molecule has 1 heterocycles. The summed E-state index contributed by atoms with van der Waals surface area (Å²) >= 11 is 0. The van der Waals surface area contributed by atoms with Crippen molar-refractivity contribution in [3.63, 3.8) is 0 Å². The summed E-state index contributed by atoms with van der Waals surface area (Å²) in [7, 11) is 1.59. The maximum absolute atomic E-state index is 12.3. The normalized spacial score (nSPS) is 15.1. The first kappa shape index (κ1) is 13.5. The summed E-state index contributed by atoms with van der Waals surface area (Å²) in [6.07, 6.45) is 0.128. The van der Waals surface area contributed by atoms with E-state index in [9.17, 15) is 9.59 Å². The van der Waals surface area contributed by atoms with Crippen molar-refractivity contribution in [1.29, 1.82) is 0 Å². The number of carboxylic acid groups (broad SMARTS) is 1. The van der Waals surface area contributed by atoms with Gasteiger partial charge in [0.2, 0.25) is 0 Å². The fraction of sp³-hybridized carbons (Fsp3) is 0.429. The zero-order valence-electron chi connectivity index (χ0n) is 10.8. The molecule has 1 aliphatic heterocycles. The maximum Gasteiger partial charge on any atom is 0.303 e. The quantitative estimate of drug-likeness (QED) is 0.871. The van der Waals surface area contributed by atoms with Crippen molar-refractivity contribution in [2.75, 3.05) is 20.2 Å². The number of nitrogens with zero attached hydrogens (tertiary/aromatic N) is 1. The number of carboxylic acids is 1. The van der Waals surface area contributed by atoms with E-state index in [1.165, 1.54) is 0 Å². The minimum Gasteiger partial charge on any atom is -0.481 e. The van der Waals surface area contributed by atoms with Crippen molar-refractivity contribution in [2.24, 2.45) is 5.92 Å². The van der Waals surface area contributed by atoms with E-state index >= 15 is 0 Å². The number of aliphatic carboxylic acids is 1. The summed E-state index contributed by atoms with van der Waals surface area (Å²) in [4.78, 5) is 24.5. The van der Waals surface area contributed by atoms with Gasteiger partial charge in [-0.3, -0.25) is 9.59 Å². The van der Waals surface area contributed by atoms with E-state index in [1.54, 1.807) is 18.1 Å². The van der Waals surface area contributed by atoms with E-state index in [4.69, 9.17) is 9.84 Å². The lowest BCUT2D eigenvalue weighted by atomic mass is 9.94. The third-order valence-corrected chi connectivity index (χ3v) is 3.26. The van der Waals surface area contributed by atoms with Crippen LogP contribution in [0.3, 0.4) is 0 Å². The van der Waals surface area contributed by atoms with Crippen molar-refractivity contribution in [2.45, 2.75) is 13.0 Å². The Balaban J connectivity index is 2.00. The predicted molar refractivity (Wildman–Crippen MR) is 68.8 cm³/mol. The van der Waals surface area contributed by atoms with Crippen LogP contribution in [0.15, 0.2) is 24.3 Å². The Labute approximate surface area is 111 Å². The molecular weight excluding hydrogens is 246 g/mol. The van der Waals surface area contributed by atoms with Crippen molar-refractivity contribution < 1.29 is 19.4 Å². The van der Waals surface area contributed by atoms with E-state index < -0.39 is 5.97 Å². The monoisotopic (exact) mass is 263 g/mol. The number of ether oxygens (including phenoxy) is 1. The summed E-state index contributed by atoms with van der Waals surface area (Å²) in [5.41, 5.74) is 1.50. The number of rotatable bonds is 5. The molecular formula is C14H17NO4. The van der Waals surface area contributed by atoms with Crippen molar-refractivity contribution in [3.8, 4) is 0 Å². The van der Waals surface area contributed by atoms with E-state index in [2.05, 4.69) is 0 Å². The van der Waals surface area contributed by atoms with Gasteiger partial charge in [-0.25, -0.2) is 0 Å². The van der Waals surface area contributed by atoms with Crippen molar-refractivity contribution in [1.82, 2.24) is 4.90 Å². The molecule has 5 nitrogen and oxygen atoms in total. The molecule has 0 saturated carbocycles. The zero-order valence-corrected chi connectivity index (χ0v) is 10.8. The van der Waals surface area contributed by atoms with E-state index in [0.717, 1.165) is 5.56 Å². The number of hydrogen-bond acceptors (Lipinski definition) is 3. The highest BCUT2D eigenvalue weighted by atomic mass is 16.5. The molecule has 102 valence electrons. The van der Waals surface area contributed by atoms with Crippen molar-refractivity contribution >= 4 is 11.9 Å². The van der Waals surface area contributed by atoms with Gasteiger partial charge in [-0.2, -0.15) is 0 Å². The molecule has 1 saturated heterocycles. The van der Waals surface area contributed by atoms with Gasteiger partial charge in [0, 0.05) is 31.7 Å². The number of carbonyl (C=O) groups is 2. The standard InChI is InChI=1S/C14H17NO4/c1-19-9-11-4-2-3-5-12(11)14(18)15-7-10(8-15)6-13(16)17/h2-5,10H,6-9H2,1H3,(H,16,17). The lowest BCUT2D eigenvalue weighted by molar-refractivity contribution is -0.139. The predicted octanol–water partition coefficient (Wildman–Crippen LogP) is 1.38. The molecule has 0 radical (unpaired) electrons. The molecule has 1 fully saturated rings. The molecule has 0 unspecified atom stereocenters. The molecule has 1 aromatic carbocycles. The SMILES string of the molecule is COCc1ccccc1C(=O)N1CC(CC(=O)O)C1. The Hall–Kier alpha value is -1.88. The third kappa shape index (κ3) is 3.12. The first-order valence-electron chi connectivity index (χ1n) is 6.19. The minimum atomic E-state index is -0.808. The largest absolute Gasteiger partial charge is 0.481 e. The molecule has 19 heavy (non-hydrogen) atoms. The second-order valence-electron chi connectivity index (χ2n) is 4.76. The van der Waals surface area contributed by atoms with Crippen LogP contribution < -0.4 is 0 Å². The number of methoxy groups -OCH3 is 1. The molecule has 1 aromatic rings. The third-order valence-electron chi connectivity index (χ3n) is 3.26. The van der Waals surface area contributed by atoms with Crippen LogP contribution in [0.25, 0.3) is 0 Å². The maximum atomic E-state index is 12.3. The van der Waals surface area contributed by atoms with Gasteiger partial charge in [0.25, 0.3) is 5.91 Å². The van der Waals surface area contributed by atoms with Crippen LogP contribution in [0.2, 0.25) is 0 Å². The number of likely N-dealkylation sites (tertiary alicyclic amines) is 1. The summed E-state index contributed by atoms with van der Waals surface area (Å²) in [5, 5.41) is 8.68. The van der Waals surface area contributed by atoms with Crippen LogP contribution in [0.5, 0.6) is 0 Å². The molecule has 1 amide bonds. The lowest BCUT2D eigenvalue weighted by Gasteiger charge is -2.38. The lowest BCUT2D eigenvalue weighted by Crippen LogP contribution is -2.50. The Morgan fingerprint density at radius 2 is 2.05 bits per heavy atom. The van der Waals surface area contributed by atoms with Gasteiger partial charge < -0.3 is 14.7 Å². The average Bonchev–Trinajstić information content (AvgIpc) is 2.33. The van der Waals surface area contributed by atoms with Crippen LogP contribution >= 0.6 is 0 Å². The van der Waals surface area contributed by atoms with E-state index in [-0.39, 0.29) is 18.2 Å². The number of hydrogen-bond donors (Lipinski definition) is 1. The molecule has 1 aliphatic rings. The van der Waals surface area contributed by atoms with Crippen LogP contribution in [0.4, 0.5) is 0 Å². The minimum absolute atomic E-state index is 0.0470. The van der Waals surface area contributed by atoms with E-state index in [1.807, 2.05) is 18.2 Å². The highest BCUT2D eigenvalue weighted by molar-refractivity contribution is 5.96. The number of benzene rings is 1. The van der Waals surface area contributed by atoms with Gasteiger partial charge in [-0.15, -0.1) is 0 Å². The molecule has 0 atom stereocenters. The first-order chi connectivity index (χ1) is 9.11. The van der Waals surface area contributed by atoms with Gasteiger partial charge in [-0.05, 0) is 11.6 Å². The van der Waals surface area contributed by atoms with Gasteiger partial charge in [0.15, 0.2) is 0 Å². The summed E-state index contributed by atoms with van der Waals surface area (Å²) in [6.45, 7) is 1.44. The molecule has 1 N–H and O–H groups in total. The van der Waals surface area contributed by atoms with Gasteiger partial charge >= 0.3 is 5.97 Å². The molecule has 0 aromatic heterocycles. The highest BCUT2D eigenvalue weighted by Gasteiger charge is 2.33. The Kier molecular flexibility index (Phi) is 4.16. The van der Waals surface area contributed by atoms with Gasteiger partial charge in [0.05, 0.1) is 13.0 Å². The highest BCUT2D eigenvalue weighted by Crippen LogP contribution is 2.23.